The van der Waals surface area contributed by atoms with Crippen LogP contribution < -0.4 is 10.6 Å². The third-order valence-electron chi connectivity index (χ3n) is 3.72. The second-order valence-electron chi connectivity index (χ2n) is 5.78. The Morgan fingerprint density at radius 2 is 2.03 bits per heavy atom. The molecule has 0 unspecified atom stereocenters. The van der Waals surface area contributed by atoms with E-state index in [9.17, 15) is 15.0 Å². The topological polar surface area (TPSA) is 81.6 Å². The fraction of sp³-hybridized carbons (Fsp3) is 0.174. The lowest BCUT2D eigenvalue weighted by atomic mass is 10.0. The van der Waals surface area contributed by atoms with Crippen LogP contribution in [-0.2, 0) is 0 Å². The highest BCUT2D eigenvalue weighted by Gasteiger charge is 2.07. The zero-order valence-electron chi connectivity index (χ0n) is 24.0. The molecule has 3 aromatic rings. The van der Waals surface area contributed by atoms with E-state index in [1.165, 1.54) is 48.5 Å². The van der Waals surface area contributed by atoms with Crippen LogP contribution in [0.4, 0.5) is 5.69 Å². The van der Waals surface area contributed by atoms with E-state index in [0.717, 1.165) is 0 Å². The summed E-state index contributed by atoms with van der Waals surface area (Å²) in [6.07, 6.45) is -2.88. The predicted molar refractivity (Wildman–Crippen MR) is 117 cm³/mol. The van der Waals surface area contributed by atoms with Gasteiger partial charge in [0, 0.05) is 33.0 Å². The highest BCUT2D eigenvalue weighted by molar-refractivity contribution is 6.30. The van der Waals surface area contributed by atoms with Gasteiger partial charge in [-0.15, -0.1) is 0 Å². The minimum atomic E-state index is -2.89. The number of aliphatic hydroxyl groups is 1. The molecule has 3 rings (SSSR count). The Bertz CT molecular complexity index is 1390. The number of anilines is 1. The summed E-state index contributed by atoms with van der Waals surface area (Å²) in [5, 5.41) is 24.4. The summed E-state index contributed by atoms with van der Waals surface area (Å²) in [5.41, 5.74) is -0.896. The van der Waals surface area contributed by atoms with Crippen LogP contribution in [-0.4, -0.2) is 35.7 Å². The normalized spacial score (nSPS) is 18.3. The number of benzene rings is 3. The van der Waals surface area contributed by atoms with Crippen molar-refractivity contribution in [1.29, 1.82) is 0 Å². The standard InChI is InChI=1S/C23H23ClN2O3/c24-20-8-2-6-18(13-20)22(27)15-25-10-11-26-21-9-3-5-17(14-21)16-4-1-7-19(12-16)23(28)29/h1-9,12-14,22,25-27H,10-11,15H2,(H,28,29)/t22-/m1/s1/i3D,5D,9D,11D2,14D,15D2,22D. The van der Waals surface area contributed by atoms with Gasteiger partial charge in [-0.2, -0.15) is 0 Å². The average molecular weight is 420 g/mol. The van der Waals surface area contributed by atoms with Crippen LogP contribution in [0.1, 0.15) is 34.3 Å². The first-order chi connectivity index (χ1) is 17.5. The van der Waals surface area contributed by atoms with Gasteiger partial charge in [-0.1, -0.05) is 48.0 Å². The van der Waals surface area contributed by atoms with Crippen molar-refractivity contribution in [2.45, 2.75) is 6.08 Å². The predicted octanol–water partition coefficient (Wildman–Crippen LogP) is 4.44. The molecule has 0 saturated heterocycles. The van der Waals surface area contributed by atoms with Crippen LogP contribution in [0, 0.1) is 0 Å². The van der Waals surface area contributed by atoms with Crippen molar-refractivity contribution < 1.29 is 27.3 Å². The van der Waals surface area contributed by atoms with E-state index in [2.05, 4.69) is 10.6 Å². The zero-order chi connectivity index (χ0) is 28.6. The maximum atomic E-state index is 11.4. The number of nitrogens with one attached hydrogen (secondary N) is 2. The minimum Gasteiger partial charge on any atom is -0.478 e. The van der Waals surface area contributed by atoms with E-state index in [1.54, 1.807) is 0 Å². The highest BCUT2D eigenvalue weighted by Crippen LogP contribution is 2.23. The van der Waals surface area contributed by atoms with Gasteiger partial charge >= 0.3 is 5.97 Å². The lowest BCUT2D eigenvalue weighted by Gasteiger charge is -2.13. The van der Waals surface area contributed by atoms with Gasteiger partial charge < -0.3 is 20.8 Å². The number of hydrogen-bond donors (Lipinski definition) is 4. The number of carboxylic acids is 1. The maximum Gasteiger partial charge on any atom is 0.335 e. The fourth-order valence-corrected chi connectivity index (χ4v) is 2.56. The van der Waals surface area contributed by atoms with Crippen molar-refractivity contribution in [3.63, 3.8) is 0 Å². The number of aromatic carboxylic acids is 1. The Balaban J connectivity index is 1.93. The lowest BCUT2D eigenvalue weighted by Crippen LogP contribution is -2.26. The van der Waals surface area contributed by atoms with E-state index in [0.29, 0.717) is 0 Å². The first-order valence-electron chi connectivity index (χ1n) is 12.9. The average Bonchev–Trinajstić information content (AvgIpc) is 2.84. The maximum absolute atomic E-state index is 11.4. The van der Waals surface area contributed by atoms with Crippen LogP contribution in [0.5, 0.6) is 0 Å². The van der Waals surface area contributed by atoms with Crippen molar-refractivity contribution >= 4 is 23.3 Å². The van der Waals surface area contributed by atoms with Gasteiger partial charge in [0.2, 0.25) is 0 Å². The van der Waals surface area contributed by atoms with Crippen molar-refractivity contribution in [2.75, 3.05) is 24.9 Å². The molecule has 0 heterocycles. The van der Waals surface area contributed by atoms with Crippen LogP contribution in [0.15, 0.2) is 72.7 Å². The largest absolute Gasteiger partial charge is 0.478 e. The summed E-state index contributed by atoms with van der Waals surface area (Å²) in [5.74, 6) is -1.25. The molecule has 0 saturated carbocycles. The molecule has 29 heavy (non-hydrogen) atoms. The fourth-order valence-electron chi connectivity index (χ4n) is 2.37. The minimum absolute atomic E-state index is 0.104. The number of carboxylic acid groups (broad SMARTS) is 1. The van der Waals surface area contributed by atoms with Gasteiger partial charge in [0.15, 0.2) is 0 Å². The second-order valence-corrected chi connectivity index (χ2v) is 6.21. The van der Waals surface area contributed by atoms with Gasteiger partial charge in [0.1, 0.15) is 0 Å². The van der Waals surface area contributed by atoms with Crippen LogP contribution >= 0.6 is 11.6 Å². The van der Waals surface area contributed by atoms with E-state index >= 15 is 0 Å². The quantitative estimate of drug-likeness (QED) is 0.412. The molecule has 0 fully saturated rings. The molecule has 3 aromatic carbocycles. The number of carbonyl (C=O) groups is 1. The monoisotopic (exact) mass is 419 g/mol. The van der Waals surface area contributed by atoms with Crippen molar-refractivity contribution in [1.82, 2.24) is 5.32 Å². The number of halogens is 1. The second kappa shape index (κ2) is 10.1. The summed E-state index contributed by atoms with van der Waals surface area (Å²) >= 11 is 5.87. The molecule has 0 aliphatic rings. The molecule has 0 aromatic heterocycles. The van der Waals surface area contributed by atoms with Gasteiger partial charge in [0.25, 0.3) is 0 Å². The Labute approximate surface area is 187 Å². The zero-order valence-corrected chi connectivity index (χ0v) is 15.8. The van der Waals surface area contributed by atoms with Gasteiger partial charge in [0.05, 0.1) is 21.2 Å². The van der Waals surface area contributed by atoms with Gasteiger partial charge in [-0.25, -0.2) is 4.79 Å². The summed E-state index contributed by atoms with van der Waals surface area (Å²) in [7, 11) is 0. The Morgan fingerprint density at radius 3 is 2.83 bits per heavy atom. The highest BCUT2D eigenvalue weighted by atomic mass is 35.5. The SMILES string of the molecule is [2H]c1c([2H])c(NC([2H])([2H])CNC([2H])([2H])[C@@]([2H])(O)c2cccc(Cl)c2)c([2H])c(-c2cccc(C(=O)O)c2)c1[2H]. The third kappa shape index (κ3) is 6.06. The Kier molecular flexibility index (Phi) is 4.16. The smallest absolute Gasteiger partial charge is 0.335 e. The summed E-state index contributed by atoms with van der Waals surface area (Å²) in [4.78, 5) is 11.4. The van der Waals surface area contributed by atoms with Crippen molar-refractivity contribution in [3.8, 4) is 11.1 Å². The van der Waals surface area contributed by atoms with E-state index in [4.69, 9.17) is 23.9 Å². The first-order valence-corrected chi connectivity index (χ1v) is 8.82. The van der Waals surface area contributed by atoms with Crippen molar-refractivity contribution in [3.05, 3.63) is 88.9 Å². The van der Waals surface area contributed by atoms with Gasteiger partial charge in [-0.3, -0.25) is 0 Å². The molecule has 4 N–H and O–H groups in total. The van der Waals surface area contributed by atoms with Gasteiger partial charge in [-0.05, 0) is 53.0 Å². The molecule has 5 nitrogen and oxygen atoms in total. The lowest BCUT2D eigenvalue weighted by molar-refractivity contribution is 0.0697. The number of rotatable bonds is 9. The molecular weight excluding hydrogens is 388 g/mol. The summed E-state index contributed by atoms with van der Waals surface area (Å²) < 4.78 is 74.1. The summed E-state index contributed by atoms with van der Waals surface area (Å²) in [6, 6.07) is 8.28. The van der Waals surface area contributed by atoms with E-state index in [-0.39, 0.29) is 27.3 Å². The van der Waals surface area contributed by atoms with Crippen LogP contribution in [0.3, 0.4) is 0 Å². The van der Waals surface area contributed by atoms with E-state index in [1.807, 2.05) is 0 Å². The third-order valence-corrected chi connectivity index (χ3v) is 3.95. The Hall–Kier alpha value is -2.86. The van der Waals surface area contributed by atoms with Crippen LogP contribution in [0.25, 0.3) is 11.1 Å². The molecule has 150 valence electrons. The van der Waals surface area contributed by atoms with Crippen LogP contribution in [0.2, 0.25) is 5.02 Å². The summed E-state index contributed by atoms with van der Waals surface area (Å²) in [6.45, 7) is -6.34. The van der Waals surface area contributed by atoms with E-state index < -0.39 is 61.4 Å². The molecule has 0 amide bonds. The first kappa shape index (κ1) is 12.0. The Morgan fingerprint density at radius 1 is 1.21 bits per heavy atom. The molecule has 0 aliphatic heterocycles. The molecule has 6 heteroatoms. The molecule has 0 radical (unpaired) electrons. The number of hydrogen-bond acceptors (Lipinski definition) is 4. The molecule has 1 atom stereocenters. The molecular formula is C23H23ClN2O3. The van der Waals surface area contributed by atoms with Crippen molar-refractivity contribution in [2.24, 2.45) is 0 Å². The molecule has 0 bridgehead atoms. The molecule has 0 aliphatic carbocycles. The molecule has 0 spiro atoms.